The van der Waals surface area contributed by atoms with Crippen molar-refractivity contribution in [3.05, 3.63) is 35.4 Å². The van der Waals surface area contributed by atoms with E-state index in [2.05, 4.69) is 0 Å². The minimum absolute atomic E-state index is 0.448. The van der Waals surface area contributed by atoms with Gasteiger partial charge in [0.1, 0.15) is 28.9 Å². The lowest BCUT2D eigenvalue weighted by atomic mass is 9.96. The minimum atomic E-state index is 0.448. The predicted octanol–water partition coefficient (Wildman–Crippen LogP) is 4.45. The number of carbonyl (C=O) groups excluding carboxylic acids is 1. The largest absolute Gasteiger partial charge is 0.496 e. The Labute approximate surface area is 153 Å². The molecule has 0 spiro atoms. The van der Waals surface area contributed by atoms with Gasteiger partial charge in [-0.15, -0.1) is 0 Å². The van der Waals surface area contributed by atoms with Crippen molar-refractivity contribution in [3.63, 3.8) is 0 Å². The number of benzene rings is 2. The van der Waals surface area contributed by atoms with Crippen LogP contribution in [0.3, 0.4) is 0 Å². The van der Waals surface area contributed by atoms with Crippen LogP contribution in [0.4, 0.5) is 0 Å². The van der Waals surface area contributed by atoms with Gasteiger partial charge >= 0.3 is 0 Å². The van der Waals surface area contributed by atoms with Crippen molar-refractivity contribution in [2.75, 3.05) is 28.4 Å². The molecular formula is C21H24O5. The molecular weight excluding hydrogens is 332 g/mol. The number of rotatable bonds is 7. The van der Waals surface area contributed by atoms with Gasteiger partial charge in [-0.25, -0.2) is 4.79 Å². The zero-order valence-electron chi connectivity index (χ0n) is 16.1. The normalized spacial score (nSPS) is 10.1. The summed E-state index contributed by atoms with van der Waals surface area (Å²) in [4.78, 5) is 11.7. The van der Waals surface area contributed by atoms with E-state index in [0.717, 1.165) is 11.0 Å². The molecule has 2 aromatic rings. The van der Waals surface area contributed by atoms with Gasteiger partial charge in [-0.1, -0.05) is 11.6 Å². The summed E-state index contributed by atoms with van der Waals surface area (Å²) in [5.74, 6) is 4.37. The molecule has 0 aliphatic rings. The Morgan fingerprint density at radius 3 is 1.96 bits per heavy atom. The van der Waals surface area contributed by atoms with Crippen LogP contribution in [0, 0.1) is 0 Å². The molecule has 0 aliphatic carbocycles. The molecule has 0 N–H and O–H groups in total. The zero-order chi connectivity index (χ0) is 19.3. The third kappa shape index (κ3) is 3.53. The summed E-state index contributed by atoms with van der Waals surface area (Å²) in [6.07, 6.45) is 2.42. The molecule has 0 heterocycles. The molecule has 26 heavy (non-hydrogen) atoms. The molecule has 0 fully saturated rings. The second-order valence-corrected chi connectivity index (χ2v) is 5.95. The van der Waals surface area contributed by atoms with E-state index in [1.807, 2.05) is 31.9 Å². The molecule has 0 aromatic heterocycles. The fourth-order valence-corrected chi connectivity index (χ4v) is 2.89. The molecule has 2 aromatic carbocycles. The van der Waals surface area contributed by atoms with Crippen molar-refractivity contribution in [3.8, 4) is 23.0 Å². The molecule has 0 radical (unpaired) electrons. The number of allylic oxidation sites excluding steroid dienone is 3. The average molecular weight is 356 g/mol. The molecule has 0 unspecified atom stereocenters. The molecule has 0 atom stereocenters. The molecule has 5 nitrogen and oxygen atoms in total. The molecule has 0 bridgehead atoms. The monoisotopic (exact) mass is 356 g/mol. The van der Waals surface area contributed by atoms with Crippen molar-refractivity contribution in [1.82, 2.24) is 0 Å². The Morgan fingerprint density at radius 2 is 1.50 bits per heavy atom. The van der Waals surface area contributed by atoms with Gasteiger partial charge in [-0.05, 0) is 32.0 Å². The fourth-order valence-electron chi connectivity index (χ4n) is 2.89. The van der Waals surface area contributed by atoms with Crippen LogP contribution in [0.1, 0.15) is 25.8 Å². The van der Waals surface area contributed by atoms with Gasteiger partial charge in [0.25, 0.3) is 0 Å². The van der Waals surface area contributed by atoms with Crippen LogP contribution in [0.15, 0.2) is 29.8 Å². The summed E-state index contributed by atoms with van der Waals surface area (Å²) in [6.45, 7) is 3.96. The third-order valence-corrected chi connectivity index (χ3v) is 4.15. The molecule has 0 saturated heterocycles. The minimum Gasteiger partial charge on any atom is -0.496 e. The van der Waals surface area contributed by atoms with Crippen molar-refractivity contribution in [2.45, 2.75) is 20.3 Å². The lowest BCUT2D eigenvalue weighted by Gasteiger charge is -2.19. The second kappa shape index (κ2) is 8.45. The average Bonchev–Trinajstić information content (AvgIpc) is 2.66. The summed E-state index contributed by atoms with van der Waals surface area (Å²) in [7, 11) is 6.31. The van der Waals surface area contributed by atoms with Crippen molar-refractivity contribution >= 4 is 22.3 Å². The van der Waals surface area contributed by atoms with Gasteiger partial charge in [0.05, 0.1) is 44.8 Å². The van der Waals surface area contributed by atoms with E-state index < -0.39 is 0 Å². The van der Waals surface area contributed by atoms with Gasteiger partial charge < -0.3 is 18.9 Å². The van der Waals surface area contributed by atoms with Crippen LogP contribution >= 0.6 is 0 Å². The summed E-state index contributed by atoms with van der Waals surface area (Å²) in [6, 6.07) is 5.39. The number of hydrogen-bond acceptors (Lipinski definition) is 5. The van der Waals surface area contributed by atoms with Crippen molar-refractivity contribution < 1.29 is 23.7 Å². The maximum absolute atomic E-state index is 11.7. The Bertz CT molecular complexity index is 885. The summed E-state index contributed by atoms with van der Waals surface area (Å²) in [5.41, 5.74) is 2.22. The van der Waals surface area contributed by atoms with Crippen molar-refractivity contribution in [2.24, 2.45) is 0 Å². The second-order valence-electron chi connectivity index (χ2n) is 5.95. The number of methoxy groups -OCH3 is 4. The van der Waals surface area contributed by atoms with Crippen LogP contribution in [-0.2, 0) is 4.79 Å². The molecule has 0 saturated carbocycles. The number of fused-ring (bicyclic) bond motifs is 1. The van der Waals surface area contributed by atoms with E-state index in [-0.39, 0.29) is 0 Å². The highest BCUT2D eigenvalue weighted by Gasteiger charge is 2.22. The first kappa shape index (κ1) is 19.4. The molecule has 0 aliphatic heterocycles. The fraction of sp³-hybridized carbons (Fsp3) is 0.333. The van der Waals surface area contributed by atoms with Crippen LogP contribution in [0.25, 0.3) is 16.3 Å². The quantitative estimate of drug-likeness (QED) is 0.542. The maximum atomic E-state index is 11.7. The Morgan fingerprint density at radius 1 is 0.923 bits per heavy atom. The topological polar surface area (TPSA) is 54.0 Å². The SMILES string of the molecule is COc1ccc(OC)c2c(OC)c(C(=C=O)CC=C(C)C)cc(OC)c12. The molecule has 2 rings (SSSR count). The third-order valence-electron chi connectivity index (χ3n) is 4.15. The first-order valence-corrected chi connectivity index (χ1v) is 8.19. The predicted molar refractivity (Wildman–Crippen MR) is 103 cm³/mol. The van der Waals surface area contributed by atoms with Crippen molar-refractivity contribution in [1.29, 1.82) is 0 Å². The van der Waals surface area contributed by atoms with Gasteiger partial charge in [-0.2, -0.15) is 0 Å². The van der Waals surface area contributed by atoms with Gasteiger partial charge in [0.15, 0.2) is 0 Å². The summed E-state index contributed by atoms with van der Waals surface area (Å²) < 4.78 is 22.3. The highest BCUT2D eigenvalue weighted by Crippen LogP contribution is 2.47. The molecule has 138 valence electrons. The van der Waals surface area contributed by atoms with Gasteiger partial charge in [0, 0.05) is 12.0 Å². The van der Waals surface area contributed by atoms with Gasteiger partial charge in [-0.3, -0.25) is 0 Å². The van der Waals surface area contributed by atoms with E-state index in [1.165, 1.54) is 0 Å². The van der Waals surface area contributed by atoms with E-state index in [9.17, 15) is 4.79 Å². The smallest absolute Gasteiger partial charge is 0.139 e. The lowest BCUT2D eigenvalue weighted by Crippen LogP contribution is -2.00. The van der Waals surface area contributed by atoms with Crippen LogP contribution < -0.4 is 18.9 Å². The Balaban J connectivity index is 2.93. The van der Waals surface area contributed by atoms with Gasteiger partial charge in [0.2, 0.25) is 0 Å². The highest BCUT2D eigenvalue weighted by atomic mass is 16.5. The van der Waals surface area contributed by atoms with E-state index in [1.54, 1.807) is 40.6 Å². The summed E-state index contributed by atoms with van der Waals surface area (Å²) in [5, 5.41) is 1.41. The zero-order valence-corrected chi connectivity index (χ0v) is 16.1. The first-order valence-electron chi connectivity index (χ1n) is 8.19. The standard InChI is InChI=1S/C21H24O5/c1-13(2)7-8-14(12-22)15-11-18(25-5)19-16(23-3)9-10-17(24-4)20(19)21(15)26-6/h7,9-11H,8H2,1-6H3. The number of hydrogen-bond donors (Lipinski definition) is 0. The van der Waals surface area contributed by atoms with E-state index >= 15 is 0 Å². The molecule has 5 heteroatoms. The Kier molecular flexibility index (Phi) is 6.31. The van der Waals surface area contributed by atoms with Crippen LogP contribution in [0.5, 0.6) is 23.0 Å². The van der Waals surface area contributed by atoms with E-state index in [0.29, 0.717) is 45.9 Å². The van der Waals surface area contributed by atoms with Crippen LogP contribution in [-0.4, -0.2) is 34.4 Å². The molecule has 0 amide bonds. The summed E-state index contributed by atoms with van der Waals surface area (Å²) >= 11 is 0. The lowest BCUT2D eigenvalue weighted by molar-refractivity contribution is 0.391. The maximum Gasteiger partial charge on any atom is 0.139 e. The first-order chi connectivity index (χ1) is 12.5. The highest BCUT2D eigenvalue weighted by molar-refractivity contribution is 6.07. The Hall–Kier alpha value is -2.91. The van der Waals surface area contributed by atoms with E-state index in [4.69, 9.17) is 18.9 Å². The van der Waals surface area contributed by atoms with Crippen LogP contribution in [0.2, 0.25) is 0 Å². The number of ether oxygens (including phenoxy) is 4.